The van der Waals surface area contributed by atoms with Crippen molar-refractivity contribution in [3.8, 4) is 0 Å². The van der Waals surface area contributed by atoms with Gasteiger partial charge in [0.15, 0.2) is 0 Å². The van der Waals surface area contributed by atoms with Crippen molar-refractivity contribution in [2.24, 2.45) is 0 Å². The minimum Gasteiger partial charge on any atom is -0.311 e. The van der Waals surface area contributed by atoms with Crippen molar-refractivity contribution >= 4 is 0 Å². The predicted molar refractivity (Wildman–Crippen MR) is 42.3 cm³/mol. The Morgan fingerprint density at radius 1 is 1.56 bits per heavy atom. The van der Waals surface area contributed by atoms with Crippen LogP contribution in [0.3, 0.4) is 0 Å². The molecule has 1 N–H and O–H groups in total. The topological polar surface area (TPSA) is 12.0 Å². The number of likely N-dealkylation sites (N-methyl/N-ethyl adjacent to an activating group) is 1. The molecule has 1 radical (unpaired) electrons. The fourth-order valence-corrected chi connectivity index (χ4v) is 0.461. The minimum atomic E-state index is 0.123. The number of hydrogen-bond acceptors (Lipinski definition) is 1. The smallest absolute Gasteiger partial charge is 0.0304 e. The SMILES string of the molecule is [CH2]C/C=C/C(C)(C)NC. The fourth-order valence-electron chi connectivity index (χ4n) is 0.461. The van der Waals surface area contributed by atoms with Crippen LogP contribution in [0.15, 0.2) is 12.2 Å². The molecule has 0 heterocycles. The van der Waals surface area contributed by atoms with E-state index in [2.05, 4.69) is 38.2 Å². The van der Waals surface area contributed by atoms with Gasteiger partial charge in [0.1, 0.15) is 0 Å². The van der Waals surface area contributed by atoms with E-state index in [4.69, 9.17) is 0 Å². The van der Waals surface area contributed by atoms with Gasteiger partial charge in [0.25, 0.3) is 0 Å². The zero-order chi connectivity index (χ0) is 7.33. The van der Waals surface area contributed by atoms with E-state index < -0.39 is 0 Å². The van der Waals surface area contributed by atoms with Crippen LogP contribution in [0.25, 0.3) is 0 Å². The highest BCUT2D eigenvalue weighted by atomic mass is 14.9. The molecule has 53 valence electrons. The fraction of sp³-hybridized carbons (Fsp3) is 0.625. The molecule has 0 aromatic carbocycles. The molecule has 1 nitrogen and oxygen atoms in total. The average Bonchev–Trinajstić information content (AvgIpc) is 1.84. The molecule has 0 saturated carbocycles. The maximum atomic E-state index is 3.71. The summed E-state index contributed by atoms with van der Waals surface area (Å²) in [4.78, 5) is 0. The average molecular weight is 126 g/mol. The maximum absolute atomic E-state index is 3.71. The first-order chi connectivity index (χ1) is 4.12. The molecule has 0 spiro atoms. The number of rotatable bonds is 3. The van der Waals surface area contributed by atoms with Gasteiger partial charge in [-0.25, -0.2) is 0 Å². The highest BCUT2D eigenvalue weighted by molar-refractivity contribution is 5.00. The van der Waals surface area contributed by atoms with Crippen molar-refractivity contribution in [3.05, 3.63) is 19.1 Å². The number of allylic oxidation sites excluding steroid dienone is 1. The molecule has 0 unspecified atom stereocenters. The third-order valence-corrected chi connectivity index (χ3v) is 1.35. The van der Waals surface area contributed by atoms with Gasteiger partial charge in [0.2, 0.25) is 0 Å². The molecular formula is C8H16N. The van der Waals surface area contributed by atoms with E-state index >= 15 is 0 Å². The quantitative estimate of drug-likeness (QED) is 0.568. The van der Waals surface area contributed by atoms with Gasteiger partial charge in [-0.2, -0.15) is 0 Å². The molecule has 0 aromatic rings. The van der Waals surface area contributed by atoms with Crippen LogP contribution in [0, 0.1) is 6.92 Å². The molecule has 0 rings (SSSR count). The lowest BCUT2D eigenvalue weighted by Crippen LogP contribution is -2.33. The summed E-state index contributed by atoms with van der Waals surface area (Å²) in [6, 6.07) is 0. The van der Waals surface area contributed by atoms with Gasteiger partial charge in [-0.1, -0.05) is 12.2 Å². The molecular weight excluding hydrogens is 110 g/mol. The van der Waals surface area contributed by atoms with E-state index in [0.717, 1.165) is 6.42 Å². The van der Waals surface area contributed by atoms with E-state index in [1.807, 2.05) is 7.05 Å². The third kappa shape index (κ3) is 4.22. The van der Waals surface area contributed by atoms with Crippen molar-refractivity contribution in [2.75, 3.05) is 7.05 Å². The van der Waals surface area contributed by atoms with Gasteiger partial charge in [-0.3, -0.25) is 0 Å². The molecule has 0 fully saturated rings. The van der Waals surface area contributed by atoms with Gasteiger partial charge >= 0.3 is 0 Å². The van der Waals surface area contributed by atoms with Crippen LogP contribution >= 0.6 is 0 Å². The maximum Gasteiger partial charge on any atom is 0.0304 e. The van der Waals surface area contributed by atoms with Crippen LogP contribution in [-0.4, -0.2) is 12.6 Å². The lowest BCUT2D eigenvalue weighted by atomic mass is 10.1. The second-order valence-electron chi connectivity index (χ2n) is 2.66. The summed E-state index contributed by atoms with van der Waals surface area (Å²) in [6.07, 6.45) is 5.06. The predicted octanol–water partition coefficient (Wildman–Crippen LogP) is 1.76. The Kier molecular flexibility index (Phi) is 3.55. The summed E-state index contributed by atoms with van der Waals surface area (Å²) in [7, 11) is 1.95. The monoisotopic (exact) mass is 126 g/mol. The molecule has 0 aliphatic rings. The van der Waals surface area contributed by atoms with Gasteiger partial charge in [0, 0.05) is 5.54 Å². The molecule has 9 heavy (non-hydrogen) atoms. The first-order valence-corrected chi connectivity index (χ1v) is 3.28. The minimum absolute atomic E-state index is 0.123. The second kappa shape index (κ2) is 3.67. The first kappa shape index (κ1) is 8.70. The van der Waals surface area contributed by atoms with Gasteiger partial charge in [-0.15, -0.1) is 0 Å². The summed E-state index contributed by atoms with van der Waals surface area (Å²) in [6.45, 7) is 7.96. The lowest BCUT2D eigenvalue weighted by Gasteiger charge is -2.18. The Morgan fingerprint density at radius 2 is 2.11 bits per heavy atom. The van der Waals surface area contributed by atoms with Gasteiger partial charge in [0.05, 0.1) is 0 Å². The Morgan fingerprint density at radius 3 is 2.44 bits per heavy atom. The summed E-state index contributed by atoms with van der Waals surface area (Å²) in [5, 5.41) is 3.16. The zero-order valence-electron chi connectivity index (χ0n) is 6.57. The normalized spacial score (nSPS) is 12.9. The zero-order valence-corrected chi connectivity index (χ0v) is 6.57. The Balaban J connectivity index is 3.70. The molecule has 0 amide bonds. The lowest BCUT2D eigenvalue weighted by molar-refractivity contribution is 0.527. The largest absolute Gasteiger partial charge is 0.311 e. The summed E-state index contributed by atoms with van der Waals surface area (Å²) >= 11 is 0. The van der Waals surface area contributed by atoms with Crippen molar-refractivity contribution in [1.82, 2.24) is 5.32 Å². The number of hydrogen-bond donors (Lipinski definition) is 1. The molecule has 0 atom stereocenters. The highest BCUT2D eigenvalue weighted by Crippen LogP contribution is 2.02. The van der Waals surface area contributed by atoms with Crippen LogP contribution in [0.4, 0.5) is 0 Å². The van der Waals surface area contributed by atoms with Crippen LogP contribution in [-0.2, 0) is 0 Å². The molecule has 1 heteroatoms. The van der Waals surface area contributed by atoms with Crippen LogP contribution in [0.2, 0.25) is 0 Å². The molecule has 0 aliphatic carbocycles. The molecule has 0 aromatic heterocycles. The summed E-state index contributed by atoms with van der Waals surface area (Å²) in [5.74, 6) is 0. The third-order valence-electron chi connectivity index (χ3n) is 1.35. The summed E-state index contributed by atoms with van der Waals surface area (Å²) in [5.41, 5.74) is 0.123. The van der Waals surface area contributed by atoms with Crippen LogP contribution in [0.1, 0.15) is 20.3 Å². The van der Waals surface area contributed by atoms with E-state index in [0.29, 0.717) is 0 Å². The first-order valence-electron chi connectivity index (χ1n) is 3.28. The van der Waals surface area contributed by atoms with Gasteiger partial charge in [-0.05, 0) is 34.2 Å². The Labute approximate surface area is 58.2 Å². The van der Waals surface area contributed by atoms with E-state index in [9.17, 15) is 0 Å². The van der Waals surface area contributed by atoms with E-state index in [1.165, 1.54) is 0 Å². The Hall–Kier alpha value is -0.300. The van der Waals surface area contributed by atoms with E-state index in [-0.39, 0.29) is 5.54 Å². The van der Waals surface area contributed by atoms with Crippen molar-refractivity contribution in [2.45, 2.75) is 25.8 Å². The van der Waals surface area contributed by atoms with Crippen molar-refractivity contribution < 1.29 is 0 Å². The van der Waals surface area contributed by atoms with Gasteiger partial charge < -0.3 is 5.32 Å². The second-order valence-corrected chi connectivity index (χ2v) is 2.66. The van der Waals surface area contributed by atoms with Crippen molar-refractivity contribution in [1.29, 1.82) is 0 Å². The van der Waals surface area contributed by atoms with E-state index in [1.54, 1.807) is 0 Å². The van der Waals surface area contributed by atoms with Crippen molar-refractivity contribution in [3.63, 3.8) is 0 Å². The number of nitrogens with one attached hydrogen (secondary N) is 1. The molecule has 0 saturated heterocycles. The Bertz CT molecular complexity index is 92.7. The molecule has 0 bridgehead atoms. The van der Waals surface area contributed by atoms with Crippen LogP contribution < -0.4 is 5.32 Å². The molecule has 0 aliphatic heterocycles. The standard InChI is InChI=1S/C8H16N/c1-5-6-7-8(2,3)9-4/h6-7,9H,1,5H2,2-4H3/b7-6+. The van der Waals surface area contributed by atoms with Crippen LogP contribution in [0.5, 0.6) is 0 Å². The highest BCUT2D eigenvalue weighted by Gasteiger charge is 2.07. The summed E-state index contributed by atoms with van der Waals surface area (Å²) < 4.78 is 0.